The van der Waals surface area contributed by atoms with E-state index in [1.807, 2.05) is 45.9 Å². The Hall–Kier alpha value is -2.38. The average molecular weight is 443 g/mol. The van der Waals surface area contributed by atoms with Crippen molar-refractivity contribution in [2.75, 3.05) is 13.1 Å². The molecule has 0 aromatic heterocycles. The summed E-state index contributed by atoms with van der Waals surface area (Å²) >= 11 is 0. The van der Waals surface area contributed by atoms with Gasteiger partial charge in [0.05, 0.1) is 10.9 Å². The quantitative estimate of drug-likeness (QED) is 0.773. The molecule has 2 aliphatic rings. The number of nitrogens with zero attached hydrogens (tertiary/aromatic N) is 1. The summed E-state index contributed by atoms with van der Waals surface area (Å²) in [6, 6.07) is 10.6. The molecule has 1 N–H and O–H groups in total. The minimum Gasteiger partial charge on any atom is -0.487 e. The number of benzene rings is 2. The van der Waals surface area contributed by atoms with E-state index in [0.717, 1.165) is 35.3 Å². The van der Waals surface area contributed by atoms with Crippen LogP contribution in [0.1, 0.15) is 66.2 Å². The van der Waals surface area contributed by atoms with Crippen molar-refractivity contribution in [1.29, 1.82) is 0 Å². The number of aryl methyl sites for hydroxylation is 2. The van der Waals surface area contributed by atoms with E-state index in [4.69, 9.17) is 4.74 Å². The molecule has 0 saturated carbocycles. The van der Waals surface area contributed by atoms with Crippen LogP contribution in [0, 0.1) is 13.8 Å². The minimum absolute atomic E-state index is 0.175. The van der Waals surface area contributed by atoms with Gasteiger partial charge in [-0.05, 0) is 64.3 Å². The molecule has 166 valence electrons. The summed E-state index contributed by atoms with van der Waals surface area (Å²) in [4.78, 5) is 13.5. The molecule has 2 aliphatic heterocycles. The fraction of sp³-hybridized carbons (Fsp3) is 0.458. The summed E-state index contributed by atoms with van der Waals surface area (Å²) in [7, 11) is -3.58. The van der Waals surface area contributed by atoms with Gasteiger partial charge in [0.25, 0.3) is 5.91 Å². The highest BCUT2D eigenvalue weighted by molar-refractivity contribution is 7.89. The highest BCUT2D eigenvalue weighted by Crippen LogP contribution is 2.40. The fourth-order valence-corrected chi connectivity index (χ4v) is 5.97. The zero-order valence-corrected chi connectivity index (χ0v) is 19.4. The van der Waals surface area contributed by atoms with E-state index in [9.17, 15) is 13.2 Å². The van der Waals surface area contributed by atoms with Crippen LogP contribution in [0.5, 0.6) is 5.75 Å². The van der Waals surface area contributed by atoms with Crippen LogP contribution >= 0.6 is 0 Å². The van der Waals surface area contributed by atoms with Crippen molar-refractivity contribution in [2.24, 2.45) is 0 Å². The highest BCUT2D eigenvalue weighted by atomic mass is 32.2. The van der Waals surface area contributed by atoms with Crippen molar-refractivity contribution in [2.45, 2.75) is 63.5 Å². The van der Waals surface area contributed by atoms with Gasteiger partial charge in [-0.2, -0.15) is 4.31 Å². The van der Waals surface area contributed by atoms with Crippen LogP contribution in [0.3, 0.4) is 0 Å². The molecule has 0 aliphatic carbocycles. The Morgan fingerprint density at radius 3 is 2.52 bits per heavy atom. The number of sulfonamides is 1. The smallest absolute Gasteiger partial charge is 0.252 e. The molecule has 6 nitrogen and oxygen atoms in total. The molecule has 1 amide bonds. The third-order valence-corrected chi connectivity index (χ3v) is 7.98. The first-order valence-electron chi connectivity index (χ1n) is 10.8. The van der Waals surface area contributed by atoms with Gasteiger partial charge < -0.3 is 10.1 Å². The first kappa shape index (κ1) is 21.8. The summed E-state index contributed by atoms with van der Waals surface area (Å²) < 4.78 is 33.5. The van der Waals surface area contributed by atoms with E-state index in [2.05, 4.69) is 5.32 Å². The van der Waals surface area contributed by atoms with Gasteiger partial charge in [0.15, 0.2) is 0 Å². The number of hydrogen-bond donors (Lipinski definition) is 1. The predicted molar refractivity (Wildman–Crippen MR) is 120 cm³/mol. The standard InChI is InChI=1S/C24H30N2O4S/c1-16-7-10-22-20(13-16)21(15-24(3,4)30-22)25-23(27)19-14-18(9-8-17(19)2)31(28,29)26-11-5-6-12-26/h7-10,13-14,21H,5-6,11-12,15H2,1-4H3,(H,25,27). The van der Waals surface area contributed by atoms with Gasteiger partial charge in [-0.15, -0.1) is 0 Å². The van der Waals surface area contributed by atoms with Gasteiger partial charge >= 0.3 is 0 Å². The van der Waals surface area contributed by atoms with E-state index < -0.39 is 15.6 Å². The molecule has 1 fully saturated rings. The second kappa shape index (κ2) is 7.95. The molecule has 0 spiro atoms. The molecule has 2 heterocycles. The maximum absolute atomic E-state index is 13.3. The Morgan fingerprint density at radius 2 is 1.81 bits per heavy atom. The summed E-state index contributed by atoms with van der Waals surface area (Å²) in [5.74, 6) is 0.500. The third-order valence-electron chi connectivity index (χ3n) is 6.08. The minimum atomic E-state index is -3.58. The molecular weight excluding hydrogens is 412 g/mol. The average Bonchev–Trinajstić information content (AvgIpc) is 3.24. The first-order chi connectivity index (χ1) is 14.6. The zero-order chi connectivity index (χ0) is 22.4. The summed E-state index contributed by atoms with van der Waals surface area (Å²) in [5, 5.41) is 3.14. The number of hydrogen-bond acceptors (Lipinski definition) is 4. The van der Waals surface area contributed by atoms with Crippen molar-refractivity contribution in [3.8, 4) is 5.75 Å². The van der Waals surface area contributed by atoms with Crippen LogP contribution in [0.4, 0.5) is 0 Å². The molecular formula is C24H30N2O4S. The topological polar surface area (TPSA) is 75.7 Å². The number of fused-ring (bicyclic) bond motifs is 1. The third kappa shape index (κ3) is 4.34. The van der Waals surface area contributed by atoms with Gasteiger partial charge in [-0.3, -0.25) is 4.79 Å². The lowest BCUT2D eigenvalue weighted by molar-refractivity contribution is 0.0619. The zero-order valence-electron chi connectivity index (χ0n) is 18.6. The molecule has 0 bridgehead atoms. The number of rotatable bonds is 4. The Morgan fingerprint density at radius 1 is 1.10 bits per heavy atom. The van der Waals surface area contributed by atoms with Crippen LogP contribution in [0.2, 0.25) is 0 Å². The van der Waals surface area contributed by atoms with Crippen LogP contribution in [-0.4, -0.2) is 37.3 Å². The lowest BCUT2D eigenvalue weighted by Crippen LogP contribution is -2.41. The number of carbonyl (C=O) groups is 1. The maximum Gasteiger partial charge on any atom is 0.252 e. The molecule has 2 aromatic carbocycles. The fourth-order valence-electron chi connectivity index (χ4n) is 4.42. The molecule has 31 heavy (non-hydrogen) atoms. The predicted octanol–water partition coefficient (Wildman–Crippen LogP) is 4.12. The van der Waals surface area contributed by atoms with Gasteiger partial charge in [0.2, 0.25) is 10.0 Å². The van der Waals surface area contributed by atoms with Crippen LogP contribution in [0.15, 0.2) is 41.3 Å². The van der Waals surface area contributed by atoms with Crippen molar-refractivity contribution >= 4 is 15.9 Å². The molecule has 2 aromatic rings. The second-order valence-electron chi connectivity index (χ2n) is 9.22. The SMILES string of the molecule is Cc1ccc2c(c1)C(NC(=O)c1cc(S(=O)(=O)N3CCCC3)ccc1C)CC(C)(C)O2. The van der Waals surface area contributed by atoms with Crippen LogP contribution in [-0.2, 0) is 10.0 Å². The normalized spacial score (nSPS) is 20.7. The first-order valence-corrected chi connectivity index (χ1v) is 12.2. The number of amides is 1. The molecule has 1 unspecified atom stereocenters. The largest absolute Gasteiger partial charge is 0.487 e. The molecule has 1 saturated heterocycles. The molecule has 1 atom stereocenters. The summed E-state index contributed by atoms with van der Waals surface area (Å²) in [6.07, 6.45) is 2.37. The Bertz CT molecular complexity index is 1120. The van der Waals surface area contributed by atoms with E-state index in [1.165, 1.54) is 10.4 Å². The molecule has 0 radical (unpaired) electrons. The van der Waals surface area contributed by atoms with E-state index >= 15 is 0 Å². The highest BCUT2D eigenvalue weighted by Gasteiger charge is 2.35. The summed E-state index contributed by atoms with van der Waals surface area (Å²) in [5.41, 5.74) is 2.76. The van der Waals surface area contributed by atoms with Crippen molar-refractivity contribution in [1.82, 2.24) is 9.62 Å². The maximum atomic E-state index is 13.3. The number of carbonyl (C=O) groups excluding carboxylic acids is 1. The van der Waals surface area contributed by atoms with Crippen LogP contribution < -0.4 is 10.1 Å². The summed E-state index contributed by atoms with van der Waals surface area (Å²) in [6.45, 7) is 8.91. The lowest BCUT2D eigenvalue weighted by Gasteiger charge is -2.38. The van der Waals surface area contributed by atoms with Crippen molar-refractivity contribution in [3.63, 3.8) is 0 Å². The Balaban J connectivity index is 1.64. The number of nitrogens with one attached hydrogen (secondary N) is 1. The molecule has 4 rings (SSSR count). The van der Waals surface area contributed by atoms with Gasteiger partial charge in [0, 0.05) is 30.6 Å². The van der Waals surface area contributed by atoms with E-state index in [1.54, 1.807) is 12.1 Å². The monoisotopic (exact) mass is 442 g/mol. The van der Waals surface area contributed by atoms with E-state index in [0.29, 0.717) is 25.1 Å². The second-order valence-corrected chi connectivity index (χ2v) is 11.2. The van der Waals surface area contributed by atoms with Crippen molar-refractivity contribution < 1.29 is 17.9 Å². The number of ether oxygens (including phenoxy) is 1. The van der Waals surface area contributed by atoms with Gasteiger partial charge in [0.1, 0.15) is 11.4 Å². The molecule has 7 heteroatoms. The van der Waals surface area contributed by atoms with Gasteiger partial charge in [-0.25, -0.2) is 8.42 Å². The van der Waals surface area contributed by atoms with E-state index in [-0.39, 0.29) is 16.8 Å². The van der Waals surface area contributed by atoms with Crippen molar-refractivity contribution in [3.05, 3.63) is 58.7 Å². The van der Waals surface area contributed by atoms with Gasteiger partial charge in [-0.1, -0.05) is 23.8 Å². The lowest BCUT2D eigenvalue weighted by atomic mass is 9.88. The van der Waals surface area contributed by atoms with Crippen LogP contribution in [0.25, 0.3) is 0 Å². The Labute approximate surface area is 184 Å². The Kier molecular flexibility index (Phi) is 5.60.